The van der Waals surface area contributed by atoms with Crippen LogP contribution in [0.4, 0.5) is 0 Å². The fraction of sp³-hybridized carbons (Fsp3) is 1.00. The minimum atomic E-state index is -0.833. The second-order valence-corrected chi connectivity index (χ2v) is 3.34. The summed E-state index contributed by atoms with van der Waals surface area (Å²) in [5.74, 6) is -0.541. The van der Waals surface area contributed by atoms with E-state index in [4.69, 9.17) is 14.6 Å². The average Bonchev–Trinajstić information content (AvgIpc) is 2.61. The van der Waals surface area contributed by atoms with E-state index in [2.05, 4.69) is 0 Å². The van der Waals surface area contributed by atoms with Crippen molar-refractivity contribution in [2.75, 3.05) is 13.2 Å². The van der Waals surface area contributed by atoms with Gasteiger partial charge in [0.15, 0.2) is 5.79 Å². The van der Waals surface area contributed by atoms with E-state index >= 15 is 0 Å². The van der Waals surface area contributed by atoms with E-state index < -0.39 is 11.9 Å². The molecule has 2 N–H and O–H groups in total. The Morgan fingerprint density at radius 2 is 2.08 bits per heavy atom. The molecule has 4 heteroatoms. The standard InChI is InChI=1S/C9H18O4/c1-3-9(4-2)12-6-8(13-9)7(11)5-10/h7-8,10-11H,3-6H2,1-2H3/t7?,8-/m0/s1. The summed E-state index contributed by atoms with van der Waals surface area (Å²) in [6.07, 6.45) is 0.306. The van der Waals surface area contributed by atoms with E-state index in [9.17, 15) is 5.11 Å². The molecule has 0 bridgehead atoms. The van der Waals surface area contributed by atoms with Gasteiger partial charge in [-0.3, -0.25) is 0 Å². The fourth-order valence-corrected chi connectivity index (χ4v) is 1.51. The van der Waals surface area contributed by atoms with Crippen molar-refractivity contribution in [1.82, 2.24) is 0 Å². The van der Waals surface area contributed by atoms with E-state index in [0.717, 1.165) is 12.8 Å². The van der Waals surface area contributed by atoms with Gasteiger partial charge in [-0.1, -0.05) is 13.8 Å². The highest BCUT2D eigenvalue weighted by Crippen LogP contribution is 2.31. The van der Waals surface area contributed by atoms with Crippen molar-refractivity contribution in [3.05, 3.63) is 0 Å². The lowest BCUT2D eigenvalue weighted by Gasteiger charge is -2.25. The molecule has 13 heavy (non-hydrogen) atoms. The molecule has 1 unspecified atom stereocenters. The second kappa shape index (κ2) is 4.37. The summed E-state index contributed by atoms with van der Waals surface area (Å²) in [5, 5.41) is 18.1. The van der Waals surface area contributed by atoms with Gasteiger partial charge >= 0.3 is 0 Å². The molecule has 0 aromatic heterocycles. The molecule has 0 amide bonds. The first-order chi connectivity index (χ1) is 6.17. The third-order valence-corrected chi connectivity index (χ3v) is 2.57. The normalized spacial score (nSPS) is 29.1. The first kappa shape index (κ1) is 10.9. The van der Waals surface area contributed by atoms with Crippen LogP contribution < -0.4 is 0 Å². The van der Waals surface area contributed by atoms with Crippen LogP contribution in [0.15, 0.2) is 0 Å². The van der Waals surface area contributed by atoms with E-state index in [0.29, 0.717) is 6.61 Å². The maximum atomic E-state index is 9.33. The molecule has 0 aromatic carbocycles. The minimum absolute atomic E-state index is 0.280. The molecule has 1 fully saturated rings. The molecule has 0 aromatic rings. The van der Waals surface area contributed by atoms with E-state index in [1.54, 1.807) is 0 Å². The molecule has 1 heterocycles. The summed E-state index contributed by atoms with van der Waals surface area (Å²) in [7, 11) is 0. The highest BCUT2D eigenvalue weighted by atomic mass is 16.7. The Bertz CT molecular complexity index is 156. The van der Waals surface area contributed by atoms with Crippen LogP contribution in [0, 0.1) is 0 Å². The molecule has 1 aliphatic heterocycles. The Hall–Kier alpha value is -0.160. The zero-order chi connectivity index (χ0) is 9.90. The van der Waals surface area contributed by atoms with Crippen molar-refractivity contribution in [3.8, 4) is 0 Å². The lowest BCUT2D eigenvalue weighted by atomic mass is 10.1. The lowest BCUT2D eigenvalue weighted by Crippen LogP contribution is -2.35. The van der Waals surface area contributed by atoms with E-state index in [-0.39, 0.29) is 12.7 Å². The Morgan fingerprint density at radius 3 is 2.46 bits per heavy atom. The summed E-state index contributed by atoms with van der Waals surface area (Å²) < 4.78 is 11.0. The highest BCUT2D eigenvalue weighted by Gasteiger charge is 2.40. The molecular formula is C9H18O4. The zero-order valence-corrected chi connectivity index (χ0v) is 8.19. The van der Waals surface area contributed by atoms with Gasteiger partial charge in [0.1, 0.15) is 12.2 Å². The van der Waals surface area contributed by atoms with Crippen LogP contribution in [-0.2, 0) is 9.47 Å². The molecule has 78 valence electrons. The minimum Gasteiger partial charge on any atom is -0.394 e. The predicted octanol–water partition coefficient (Wildman–Crippen LogP) is 0.271. The van der Waals surface area contributed by atoms with Gasteiger partial charge in [0, 0.05) is 0 Å². The summed E-state index contributed by atoms with van der Waals surface area (Å²) in [6.45, 7) is 4.05. The Labute approximate surface area is 78.5 Å². The molecule has 1 rings (SSSR count). The molecule has 0 spiro atoms. The van der Waals surface area contributed by atoms with Gasteiger partial charge in [-0.25, -0.2) is 0 Å². The van der Waals surface area contributed by atoms with Crippen LogP contribution in [-0.4, -0.2) is 41.4 Å². The van der Waals surface area contributed by atoms with Crippen LogP contribution in [0.2, 0.25) is 0 Å². The quantitative estimate of drug-likeness (QED) is 0.668. The molecule has 1 aliphatic rings. The molecule has 0 aliphatic carbocycles. The van der Waals surface area contributed by atoms with Crippen molar-refractivity contribution in [3.63, 3.8) is 0 Å². The number of hydrogen-bond donors (Lipinski definition) is 2. The van der Waals surface area contributed by atoms with Gasteiger partial charge in [0.25, 0.3) is 0 Å². The highest BCUT2D eigenvalue weighted by molar-refractivity contribution is 4.80. The molecule has 0 radical (unpaired) electrons. The smallest absolute Gasteiger partial charge is 0.168 e. The monoisotopic (exact) mass is 190 g/mol. The summed E-state index contributed by atoms with van der Waals surface area (Å²) in [5.41, 5.74) is 0. The van der Waals surface area contributed by atoms with Crippen LogP contribution in [0.25, 0.3) is 0 Å². The van der Waals surface area contributed by atoms with Crippen molar-refractivity contribution < 1.29 is 19.7 Å². The first-order valence-electron chi connectivity index (χ1n) is 4.78. The number of aliphatic hydroxyl groups excluding tert-OH is 2. The number of aliphatic hydroxyl groups is 2. The second-order valence-electron chi connectivity index (χ2n) is 3.34. The number of hydrogen-bond acceptors (Lipinski definition) is 4. The van der Waals surface area contributed by atoms with Crippen LogP contribution in [0.3, 0.4) is 0 Å². The SMILES string of the molecule is CCC1(CC)OC[C@@H](C(O)CO)O1. The van der Waals surface area contributed by atoms with Gasteiger partial charge in [0.05, 0.1) is 13.2 Å². The first-order valence-corrected chi connectivity index (χ1v) is 4.78. The molecule has 1 saturated heterocycles. The Kier molecular flexibility index (Phi) is 3.67. The van der Waals surface area contributed by atoms with Crippen molar-refractivity contribution in [1.29, 1.82) is 0 Å². The summed E-state index contributed by atoms with van der Waals surface area (Å²) in [4.78, 5) is 0. The lowest BCUT2D eigenvalue weighted by molar-refractivity contribution is -0.183. The van der Waals surface area contributed by atoms with Gasteiger partial charge < -0.3 is 19.7 Å². The number of ether oxygens (including phenoxy) is 2. The molecule has 4 nitrogen and oxygen atoms in total. The zero-order valence-electron chi connectivity index (χ0n) is 8.19. The average molecular weight is 190 g/mol. The van der Waals surface area contributed by atoms with Crippen LogP contribution >= 0.6 is 0 Å². The fourth-order valence-electron chi connectivity index (χ4n) is 1.51. The maximum absolute atomic E-state index is 9.33. The van der Waals surface area contributed by atoms with Crippen molar-refractivity contribution in [2.45, 2.75) is 44.7 Å². The molecular weight excluding hydrogens is 172 g/mol. The third-order valence-electron chi connectivity index (χ3n) is 2.57. The summed E-state index contributed by atoms with van der Waals surface area (Å²) in [6, 6.07) is 0. The predicted molar refractivity (Wildman–Crippen MR) is 47.2 cm³/mol. The summed E-state index contributed by atoms with van der Waals surface area (Å²) >= 11 is 0. The molecule has 0 saturated carbocycles. The van der Waals surface area contributed by atoms with Gasteiger partial charge in [-0.05, 0) is 12.8 Å². The molecule has 2 atom stereocenters. The number of rotatable bonds is 4. The van der Waals surface area contributed by atoms with Crippen LogP contribution in [0.1, 0.15) is 26.7 Å². The van der Waals surface area contributed by atoms with Crippen molar-refractivity contribution >= 4 is 0 Å². The van der Waals surface area contributed by atoms with Gasteiger partial charge in [0.2, 0.25) is 0 Å². The van der Waals surface area contributed by atoms with Gasteiger partial charge in [-0.15, -0.1) is 0 Å². The Morgan fingerprint density at radius 1 is 1.46 bits per heavy atom. The van der Waals surface area contributed by atoms with Crippen molar-refractivity contribution in [2.24, 2.45) is 0 Å². The maximum Gasteiger partial charge on any atom is 0.168 e. The Balaban J connectivity index is 2.51. The largest absolute Gasteiger partial charge is 0.394 e. The van der Waals surface area contributed by atoms with Crippen LogP contribution in [0.5, 0.6) is 0 Å². The van der Waals surface area contributed by atoms with E-state index in [1.807, 2.05) is 13.8 Å². The third kappa shape index (κ3) is 2.20. The van der Waals surface area contributed by atoms with E-state index in [1.165, 1.54) is 0 Å². The topological polar surface area (TPSA) is 58.9 Å². The van der Waals surface area contributed by atoms with Gasteiger partial charge in [-0.2, -0.15) is 0 Å².